The maximum atomic E-state index is 5.66. The average Bonchev–Trinajstić information content (AvgIpc) is 2.68. The zero-order valence-corrected chi connectivity index (χ0v) is 9.89. The molecule has 4 heteroatoms. The summed E-state index contributed by atoms with van der Waals surface area (Å²) in [4.78, 5) is 6.60. The first-order valence-corrected chi connectivity index (χ1v) is 6.30. The molecule has 4 nitrogen and oxygen atoms in total. The molecular formula is C12H22N4. The molecule has 2 N–H and O–H groups in total. The molecule has 16 heavy (non-hydrogen) atoms. The molecule has 0 amide bonds. The maximum absolute atomic E-state index is 5.66. The van der Waals surface area contributed by atoms with Gasteiger partial charge in [-0.25, -0.2) is 4.98 Å². The molecule has 2 rings (SSSR count). The van der Waals surface area contributed by atoms with Gasteiger partial charge in [0.1, 0.15) is 0 Å². The molecule has 1 aromatic heterocycles. The molecule has 90 valence electrons. The van der Waals surface area contributed by atoms with Crippen molar-refractivity contribution in [1.29, 1.82) is 0 Å². The number of aromatic nitrogens is 2. The molecule has 0 aliphatic heterocycles. The summed E-state index contributed by atoms with van der Waals surface area (Å²) in [6.45, 7) is 4.06. The average molecular weight is 222 g/mol. The lowest BCUT2D eigenvalue weighted by Crippen LogP contribution is -2.43. The van der Waals surface area contributed by atoms with Gasteiger partial charge in [-0.2, -0.15) is 0 Å². The van der Waals surface area contributed by atoms with E-state index in [1.54, 1.807) is 0 Å². The van der Waals surface area contributed by atoms with Gasteiger partial charge in [0, 0.05) is 44.6 Å². The summed E-state index contributed by atoms with van der Waals surface area (Å²) < 4.78 is 2.14. The molecule has 1 aliphatic rings. The highest BCUT2D eigenvalue weighted by Crippen LogP contribution is 2.24. The van der Waals surface area contributed by atoms with Crippen LogP contribution in [0.15, 0.2) is 18.7 Å². The van der Waals surface area contributed by atoms with Gasteiger partial charge in [-0.15, -0.1) is 0 Å². The van der Waals surface area contributed by atoms with Gasteiger partial charge in [0.05, 0.1) is 6.33 Å². The Kier molecular flexibility index (Phi) is 4.36. The van der Waals surface area contributed by atoms with Crippen LogP contribution in [-0.2, 0) is 6.54 Å². The lowest BCUT2D eigenvalue weighted by atomic mass is 9.91. The number of aryl methyl sites for hydroxylation is 1. The van der Waals surface area contributed by atoms with Crippen molar-refractivity contribution in [3.8, 4) is 0 Å². The SMILES string of the molecule is NCCN(CCCn1ccnc1)C1CCC1. The molecule has 0 atom stereocenters. The van der Waals surface area contributed by atoms with Gasteiger partial charge in [-0.3, -0.25) is 4.90 Å². The molecule has 1 fully saturated rings. The van der Waals surface area contributed by atoms with Gasteiger partial charge in [0.15, 0.2) is 0 Å². The Morgan fingerprint density at radius 1 is 1.38 bits per heavy atom. The summed E-state index contributed by atoms with van der Waals surface area (Å²) >= 11 is 0. The summed E-state index contributed by atoms with van der Waals surface area (Å²) in [6, 6.07) is 0.811. The van der Waals surface area contributed by atoms with Crippen LogP contribution in [0.25, 0.3) is 0 Å². The quantitative estimate of drug-likeness (QED) is 0.751. The van der Waals surface area contributed by atoms with Gasteiger partial charge in [-0.05, 0) is 19.3 Å². The first-order valence-electron chi connectivity index (χ1n) is 6.30. The van der Waals surface area contributed by atoms with Crippen LogP contribution in [0.2, 0.25) is 0 Å². The minimum absolute atomic E-state index is 0.779. The Morgan fingerprint density at radius 2 is 2.25 bits per heavy atom. The topological polar surface area (TPSA) is 47.1 Å². The lowest BCUT2D eigenvalue weighted by Gasteiger charge is -2.37. The molecule has 0 bridgehead atoms. The summed E-state index contributed by atoms with van der Waals surface area (Å²) in [5.41, 5.74) is 5.66. The second-order valence-electron chi connectivity index (χ2n) is 4.56. The molecule has 1 aliphatic carbocycles. The highest BCUT2D eigenvalue weighted by molar-refractivity contribution is 4.80. The monoisotopic (exact) mass is 222 g/mol. The van der Waals surface area contributed by atoms with Crippen molar-refractivity contribution in [1.82, 2.24) is 14.5 Å². The normalized spacial score (nSPS) is 16.6. The first kappa shape index (κ1) is 11.6. The van der Waals surface area contributed by atoms with E-state index < -0.39 is 0 Å². The van der Waals surface area contributed by atoms with Gasteiger partial charge < -0.3 is 10.3 Å². The van der Waals surface area contributed by atoms with Gasteiger partial charge in [-0.1, -0.05) is 6.42 Å². The summed E-state index contributed by atoms with van der Waals surface area (Å²) in [5, 5.41) is 0. The fourth-order valence-electron chi connectivity index (χ4n) is 2.27. The molecule has 0 radical (unpaired) electrons. The highest BCUT2D eigenvalue weighted by Gasteiger charge is 2.23. The van der Waals surface area contributed by atoms with Crippen molar-refractivity contribution in [2.24, 2.45) is 5.73 Å². The number of nitrogens with two attached hydrogens (primary N) is 1. The van der Waals surface area contributed by atoms with Crippen molar-refractivity contribution in [2.45, 2.75) is 38.3 Å². The third-order valence-electron chi connectivity index (χ3n) is 3.43. The smallest absolute Gasteiger partial charge is 0.0945 e. The van der Waals surface area contributed by atoms with E-state index in [2.05, 4.69) is 14.5 Å². The Morgan fingerprint density at radius 3 is 2.81 bits per heavy atom. The third kappa shape index (κ3) is 3.06. The number of hydrogen-bond donors (Lipinski definition) is 1. The molecule has 1 saturated carbocycles. The number of imidazole rings is 1. The summed E-state index contributed by atoms with van der Waals surface area (Å²) in [7, 11) is 0. The predicted octanol–water partition coefficient (Wildman–Crippen LogP) is 1.09. The van der Waals surface area contributed by atoms with E-state index in [0.717, 1.165) is 25.7 Å². The minimum Gasteiger partial charge on any atom is -0.337 e. The largest absolute Gasteiger partial charge is 0.337 e. The van der Waals surface area contributed by atoms with Crippen LogP contribution in [0.3, 0.4) is 0 Å². The van der Waals surface area contributed by atoms with Crippen molar-refractivity contribution in [3.63, 3.8) is 0 Å². The van der Waals surface area contributed by atoms with Crippen molar-refractivity contribution in [2.75, 3.05) is 19.6 Å². The van der Waals surface area contributed by atoms with E-state index in [0.29, 0.717) is 0 Å². The number of nitrogens with zero attached hydrogens (tertiary/aromatic N) is 3. The van der Waals surface area contributed by atoms with Crippen LogP contribution in [0.5, 0.6) is 0 Å². The zero-order valence-electron chi connectivity index (χ0n) is 9.89. The van der Waals surface area contributed by atoms with Crippen LogP contribution in [-0.4, -0.2) is 40.1 Å². The predicted molar refractivity (Wildman–Crippen MR) is 65.1 cm³/mol. The Labute approximate surface area is 97.4 Å². The van der Waals surface area contributed by atoms with Crippen LogP contribution >= 0.6 is 0 Å². The molecule has 1 aromatic rings. The lowest BCUT2D eigenvalue weighted by molar-refractivity contribution is 0.128. The number of rotatable bonds is 7. The molecule has 0 spiro atoms. The van der Waals surface area contributed by atoms with Gasteiger partial charge in [0.2, 0.25) is 0 Å². The van der Waals surface area contributed by atoms with Crippen LogP contribution in [0.4, 0.5) is 0 Å². The minimum atomic E-state index is 0.779. The van der Waals surface area contributed by atoms with E-state index in [-0.39, 0.29) is 0 Å². The van der Waals surface area contributed by atoms with Crippen molar-refractivity contribution >= 4 is 0 Å². The molecule has 0 aromatic carbocycles. The molecule has 0 unspecified atom stereocenters. The van der Waals surface area contributed by atoms with Gasteiger partial charge >= 0.3 is 0 Å². The van der Waals surface area contributed by atoms with Crippen LogP contribution in [0.1, 0.15) is 25.7 Å². The zero-order chi connectivity index (χ0) is 11.2. The van der Waals surface area contributed by atoms with E-state index in [9.17, 15) is 0 Å². The van der Waals surface area contributed by atoms with E-state index in [1.165, 1.54) is 32.2 Å². The summed E-state index contributed by atoms with van der Waals surface area (Å²) in [6.07, 6.45) is 11.1. The second kappa shape index (κ2) is 6.01. The maximum Gasteiger partial charge on any atom is 0.0945 e. The second-order valence-corrected chi connectivity index (χ2v) is 4.56. The van der Waals surface area contributed by atoms with Crippen molar-refractivity contribution < 1.29 is 0 Å². The third-order valence-corrected chi connectivity index (χ3v) is 3.43. The number of hydrogen-bond acceptors (Lipinski definition) is 3. The first-order chi connectivity index (χ1) is 7.90. The molecule has 0 saturated heterocycles. The Balaban J connectivity index is 1.69. The molecule has 1 heterocycles. The van der Waals surface area contributed by atoms with E-state index >= 15 is 0 Å². The van der Waals surface area contributed by atoms with Gasteiger partial charge in [0.25, 0.3) is 0 Å². The Bertz CT molecular complexity index is 279. The summed E-state index contributed by atoms with van der Waals surface area (Å²) in [5.74, 6) is 0. The van der Waals surface area contributed by atoms with E-state index in [1.807, 2.05) is 18.7 Å². The fourth-order valence-corrected chi connectivity index (χ4v) is 2.27. The van der Waals surface area contributed by atoms with Crippen LogP contribution < -0.4 is 5.73 Å². The fraction of sp³-hybridized carbons (Fsp3) is 0.750. The van der Waals surface area contributed by atoms with Crippen LogP contribution in [0, 0.1) is 0 Å². The Hall–Kier alpha value is -0.870. The van der Waals surface area contributed by atoms with E-state index in [4.69, 9.17) is 5.73 Å². The molecular weight excluding hydrogens is 200 g/mol. The van der Waals surface area contributed by atoms with Crippen molar-refractivity contribution in [3.05, 3.63) is 18.7 Å². The standard InChI is InChI=1S/C12H22N4/c13-5-9-16(12-3-1-4-12)8-2-7-15-10-6-14-11-15/h6,10-12H,1-5,7-9,13H2. The highest BCUT2D eigenvalue weighted by atomic mass is 15.2.